The summed E-state index contributed by atoms with van der Waals surface area (Å²) in [5.41, 5.74) is 5.62. The number of carbonyl (C=O) groups excluding carboxylic acids is 1. The van der Waals surface area contributed by atoms with Crippen LogP contribution in [0.1, 0.15) is 6.42 Å². The Hall–Kier alpha value is -0.415. The van der Waals surface area contributed by atoms with Gasteiger partial charge in [-0.05, 0) is 18.9 Å². The second-order valence-corrected chi connectivity index (χ2v) is 3.57. The lowest BCUT2D eigenvalue weighted by molar-refractivity contribution is 0.167. The van der Waals surface area contributed by atoms with Crippen LogP contribution in [0.25, 0.3) is 0 Å². The molecule has 3 nitrogen and oxygen atoms in total. The van der Waals surface area contributed by atoms with E-state index in [1.807, 2.05) is 0 Å². The van der Waals surface area contributed by atoms with Crippen molar-refractivity contribution in [2.45, 2.75) is 24.7 Å². The summed E-state index contributed by atoms with van der Waals surface area (Å²) >= 11 is 0. The maximum Gasteiger partial charge on any atom is 0.293 e. The molecule has 2 fully saturated rings. The van der Waals surface area contributed by atoms with Gasteiger partial charge in [0, 0.05) is 12.1 Å². The number of rotatable bonds is 2. The molecule has 2 bridgehead atoms. The van der Waals surface area contributed by atoms with E-state index in [9.17, 15) is 9.18 Å². The van der Waals surface area contributed by atoms with Gasteiger partial charge in [-0.15, -0.1) is 0 Å². The van der Waals surface area contributed by atoms with Crippen molar-refractivity contribution >= 4 is 13.6 Å². The fraction of sp³-hybridized carbons (Fsp3) is 0.857. The highest BCUT2D eigenvalue weighted by atomic mass is 19.1. The van der Waals surface area contributed by atoms with Crippen molar-refractivity contribution in [3.63, 3.8) is 0 Å². The summed E-state index contributed by atoms with van der Waals surface area (Å²) < 4.78 is 13.3. The first kappa shape index (κ1) is 8.20. The van der Waals surface area contributed by atoms with Gasteiger partial charge in [-0.3, -0.25) is 0 Å². The number of nitrogens with zero attached hydrogens (tertiary/aromatic N) is 1. The van der Waals surface area contributed by atoms with Crippen molar-refractivity contribution in [3.8, 4) is 0 Å². The lowest BCUT2D eigenvalue weighted by Crippen LogP contribution is -2.51. The molecule has 0 aromatic rings. The van der Waals surface area contributed by atoms with Gasteiger partial charge < -0.3 is 15.3 Å². The molecule has 2 rings (SSSR count). The lowest BCUT2D eigenvalue weighted by atomic mass is 9.89. The van der Waals surface area contributed by atoms with Crippen molar-refractivity contribution in [1.82, 2.24) is 4.81 Å². The molecule has 0 aromatic heterocycles. The molecule has 2 N–H and O–H groups in total. The summed E-state index contributed by atoms with van der Waals surface area (Å²) in [4.78, 5) is 11.9. The summed E-state index contributed by atoms with van der Waals surface area (Å²) in [6.07, 6.45) is 0.547. The third-order valence-electron chi connectivity index (χ3n) is 2.95. The minimum absolute atomic E-state index is 0.143. The monoisotopic (exact) mass is 169 g/mol. The largest absolute Gasteiger partial charge is 0.334 e. The number of carbonyl (C=O) groups is 1. The number of nitrogens with two attached hydrogens (primary N) is 1. The molecule has 1 saturated carbocycles. The van der Waals surface area contributed by atoms with E-state index in [2.05, 4.69) is 0 Å². The second kappa shape index (κ2) is 2.82. The molecule has 0 aromatic carbocycles. The molecular formula is C7H11BFN2O. The average Bonchev–Trinajstić information content (AvgIpc) is 2.55. The summed E-state index contributed by atoms with van der Waals surface area (Å²) in [5.74, 6) is 0.237. The smallest absolute Gasteiger partial charge is 0.293 e. The standard InChI is InChI=1S/C7H11BFN2O/c9-6-5-1-4(7(6)10)2-11(5)8-3-12/h3-7H,1-2,10H2/t4?,5?,6-,7-/m0/s1. The molecule has 12 heavy (non-hydrogen) atoms. The van der Waals surface area contributed by atoms with Crippen molar-refractivity contribution in [2.75, 3.05) is 6.54 Å². The van der Waals surface area contributed by atoms with E-state index in [1.165, 1.54) is 7.41 Å². The topological polar surface area (TPSA) is 46.3 Å². The maximum atomic E-state index is 13.3. The van der Waals surface area contributed by atoms with Crippen LogP contribution < -0.4 is 5.73 Å². The van der Waals surface area contributed by atoms with Gasteiger partial charge in [0.1, 0.15) is 6.17 Å². The first-order valence-corrected chi connectivity index (χ1v) is 4.18. The highest BCUT2D eigenvalue weighted by molar-refractivity contribution is 6.64. The molecule has 0 spiro atoms. The van der Waals surface area contributed by atoms with Crippen LogP contribution in [0.2, 0.25) is 0 Å². The van der Waals surface area contributed by atoms with Crippen LogP contribution in [0, 0.1) is 5.92 Å². The maximum absolute atomic E-state index is 13.3. The molecule has 65 valence electrons. The Morgan fingerprint density at radius 2 is 2.42 bits per heavy atom. The van der Waals surface area contributed by atoms with E-state index < -0.39 is 6.17 Å². The van der Waals surface area contributed by atoms with Crippen molar-refractivity contribution in [3.05, 3.63) is 0 Å². The van der Waals surface area contributed by atoms with Crippen LogP contribution in [0.15, 0.2) is 0 Å². The normalized spacial score (nSPS) is 46.5. The van der Waals surface area contributed by atoms with Gasteiger partial charge in [0.15, 0.2) is 0 Å². The minimum Gasteiger partial charge on any atom is -0.334 e. The van der Waals surface area contributed by atoms with E-state index in [-0.39, 0.29) is 18.0 Å². The third-order valence-corrected chi connectivity index (χ3v) is 2.95. The molecule has 0 amide bonds. The molecule has 1 aliphatic heterocycles. The van der Waals surface area contributed by atoms with Gasteiger partial charge in [0.25, 0.3) is 7.41 Å². The second-order valence-electron chi connectivity index (χ2n) is 3.57. The van der Waals surface area contributed by atoms with Crippen molar-refractivity contribution in [1.29, 1.82) is 0 Å². The SMILES string of the molecule is N[C@H]1C2CC([C@@H]1F)N([B]C=O)C2. The van der Waals surface area contributed by atoms with Gasteiger partial charge >= 0.3 is 0 Å². The predicted molar refractivity (Wildman–Crippen MR) is 44.0 cm³/mol. The van der Waals surface area contributed by atoms with Crippen molar-refractivity contribution in [2.24, 2.45) is 11.7 Å². The molecule has 1 saturated heterocycles. The molecule has 2 aliphatic rings. The Labute approximate surface area is 71.4 Å². The van der Waals surface area contributed by atoms with Gasteiger partial charge in [0.2, 0.25) is 0 Å². The number of piperidine rings is 1. The average molecular weight is 169 g/mol. The van der Waals surface area contributed by atoms with Crippen LogP contribution in [0.3, 0.4) is 0 Å². The van der Waals surface area contributed by atoms with Crippen molar-refractivity contribution < 1.29 is 9.18 Å². The Morgan fingerprint density at radius 3 is 2.92 bits per heavy atom. The van der Waals surface area contributed by atoms with E-state index in [0.717, 1.165) is 13.0 Å². The predicted octanol–water partition coefficient (Wildman–Crippen LogP) is -0.835. The van der Waals surface area contributed by atoms with Crippen LogP contribution in [0.4, 0.5) is 4.39 Å². The van der Waals surface area contributed by atoms with Gasteiger partial charge in [0.05, 0.1) is 6.19 Å². The number of halogens is 1. The first-order chi connectivity index (χ1) is 5.74. The highest BCUT2D eigenvalue weighted by Gasteiger charge is 2.50. The number of hydrogen-bond donors (Lipinski definition) is 1. The summed E-state index contributed by atoms with van der Waals surface area (Å²) in [5, 5.41) is 0. The quantitative estimate of drug-likeness (QED) is 0.433. The van der Waals surface area contributed by atoms with Crippen LogP contribution in [-0.2, 0) is 4.79 Å². The minimum atomic E-state index is -0.958. The number of fused-ring (bicyclic) bond motifs is 2. The van der Waals surface area contributed by atoms with Gasteiger partial charge in [-0.25, -0.2) is 4.39 Å². The molecular weight excluding hydrogens is 158 g/mol. The van der Waals surface area contributed by atoms with Crippen LogP contribution in [-0.4, -0.2) is 43.2 Å². The van der Waals surface area contributed by atoms with E-state index >= 15 is 0 Å². The molecule has 5 heteroatoms. The van der Waals surface area contributed by atoms with Crippen LogP contribution in [0.5, 0.6) is 0 Å². The zero-order chi connectivity index (χ0) is 8.72. The fourth-order valence-corrected chi connectivity index (χ4v) is 2.28. The lowest BCUT2D eigenvalue weighted by Gasteiger charge is -2.30. The Morgan fingerprint density at radius 1 is 1.67 bits per heavy atom. The molecule has 2 unspecified atom stereocenters. The Balaban J connectivity index is 2.05. The Kier molecular flexibility index (Phi) is 1.92. The zero-order valence-electron chi connectivity index (χ0n) is 6.69. The third kappa shape index (κ3) is 1.000. The van der Waals surface area contributed by atoms with Gasteiger partial charge in [-0.2, -0.15) is 0 Å². The van der Waals surface area contributed by atoms with Gasteiger partial charge in [-0.1, -0.05) is 0 Å². The summed E-state index contributed by atoms with van der Waals surface area (Å²) in [7, 11) is 1.42. The molecule has 4 atom stereocenters. The Bertz CT molecular complexity index is 202. The summed E-state index contributed by atoms with van der Waals surface area (Å²) in [6, 6.07) is -0.457. The fourth-order valence-electron chi connectivity index (χ4n) is 2.28. The van der Waals surface area contributed by atoms with E-state index in [0.29, 0.717) is 6.19 Å². The van der Waals surface area contributed by atoms with E-state index in [1.54, 1.807) is 4.81 Å². The molecule has 1 heterocycles. The van der Waals surface area contributed by atoms with E-state index in [4.69, 9.17) is 5.73 Å². The zero-order valence-corrected chi connectivity index (χ0v) is 6.69. The molecule has 1 radical (unpaired) electrons. The first-order valence-electron chi connectivity index (χ1n) is 4.18. The highest BCUT2D eigenvalue weighted by Crippen LogP contribution is 2.37. The number of alkyl halides is 1. The number of hydrogen-bond acceptors (Lipinski definition) is 3. The van der Waals surface area contributed by atoms with Crippen LogP contribution >= 0.6 is 0 Å². The molecule has 1 aliphatic carbocycles. The summed E-state index contributed by atoms with van der Waals surface area (Å²) in [6.45, 7) is 0.741.